The number of carbonyl (C=O) groups is 2. The maximum Gasteiger partial charge on any atom is 0.414 e. The minimum absolute atomic E-state index is 0.178. The van der Waals surface area contributed by atoms with Gasteiger partial charge in [-0.2, -0.15) is 4.98 Å². The van der Waals surface area contributed by atoms with Gasteiger partial charge in [-0.15, -0.1) is 0 Å². The van der Waals surface area contributed by atoms with Crippen molar-refractivity contribution < 1.29 is 19.4 Å². The molecule has 0 unspecified atom stereocenters. The zero-order valence-electron chi connectivity index (χ0n) is 15.6. The summed E-state index contributed by atoms with van der Waals surface area (Å²) < 4.78 is 5.14. The van der Waals surface area contributed by atoms with Gasteiger partial charge in [0.25, 0.3) is 0 Å². The molecule has 2 N–H and O–H groups in total. The minimum atomic E-state index is -1.04. The monoisotopic (exact) mass is 374 g/mol. The molecule has 0 aliphatic rings. The smallest absolute Gasteiger partial charge is 0.414 e. The molecule has 144 valence electrons. The average Bonchev–Trinajstić information content (AvgIpc) is 2.62. The van der Waals surface area contributed by atoms with Gasteiger partial charge in [-0.05, 0) is 17.7 Å². The van der Waals surface area contributed by atoms with E-state index in [0.717, 1.165) is 5.56 Å². The first-order valence-electron chi connectivity index (χ1n) is 8.10. The van der Waals surface area contributed by atoms with Crippen LogP contribution in [0.5, 0.6) is 5.75 Å². The van der Waals surface area contributed by atoms with Crippen LogP contribution in [0, 0.1) is 0 Å². The van der Waals surface area contributed by atoms with E-state index in [1.165, 1.54) is 11.2 Å². The Bertz CT molecular complexity index is 794. The van der Waals surface area contributed by atoms with E-state index < -0.39 is 18.1 Å². The van der Waals surface area contributed by atoms with E-state index >= 15 is 0 Å². The second-order valence-corrected chi connectivity index (χ2v) is 6.15. The molecule has 1 heterocycles. The van der Waals surface area contributed by atoms with Gasteiger partial charge in [-0.25, -0.2) is 19.6 Å². The highest BCUT2D eigenvalue weighted by molar-refractivity contribution is 5.77. The molecule has 2 aromatic rings. The number of hydrogen-bond acceptors (Lipinski definition) is 8. The first kappa shape index (κ1) is 19.9. The maximum atomic E-state index is 11.6. The van der Waals surface area contributed by atoms with Crippen LogP contribution in [0.15, 0.2) is 30.6 Å². The van der Waals surface area contributed by atoms with Crippen molar-refractivity contribution >= 4 is 24.0 Å². The summed E-state index contributed by atoms with van der Waals surface area (Å²) in [6.45, 7) is 0. The number of carboxylic acid groups (broad SMARTS) is 1. The molecular weight excluding hydrogens is 352 g/mol. The van der Waals surface area contributed by atoms with Crippen molar-refractivity contribution in [2.24, 2.45) is 0 Å². The van der Waals surface area contributed by atoms with Gasteiger partial charge in [0.2, 0.25) is 11.9 Å². The summed E-state index contributed by atoms with van der Waals surface area (Å²) in [5, 5.41) is 12.3. The molecule has 10 nitrogen and oxygen atoms in total. The van der Waals surface area contributed by atoms with Crippen molar-refractivity contribution in [3.63, 3.8) is 0 Å². The molecule has 0 radical (unpaired) electrons. The van der Waals surface area contributed by atoms with Crippen molar-refractivity contribution in [1.82, 2.24) is 19.9 Å². The summed E-state index contributed by atoms with van der Waals surface area (Å²) >= 11 is 0. The number of carbonyl (C=O) groups excluding carboxylic acids is 1. The van der Waals surface area contributed by atoms with E-state index in [2.05, 4.69) is 20.3 Å². The van der Waals surface area contributed by atoms with Crippen LogP contribution in [0.25, 0.3) is 0 Å². The van der Waals surface area contributed by atoms with Crippen molar-refractivity contribution in [3.05, 3.63) is 36.2 Å². The predicted octanol–water partition coefficient (Wildman–Crippen LogP) is 1.11. The Morgan fingerprint density at radius 2 is 1.81 bits per heavy atom. The molecule has 0 aliphatic carbocycles. The van der Waals surface area contributed by atoms with Gasteiger partial charge in [0.15, 0.2) is 0 Å². The number of hydrogen-bond donors (Lipinski definition) is 2. The third kappa shape index (κ3) is 5.80. The first-order chi connectivity index (χ1) is 12.8. The van der Waals surface area contributed by atoms with Crippen molar-refractivity contribution in [2.75, 3.05) is 38.4 Å². The Labute approximate surface area is 156 Å². The summed E-state index contributed by atoms with van der Waals surface area (Å²) in [5.41, 5.74) is 0.751. The van der Waals surface area contributed by atoms with Gasteiger partial charge in [0.1, 0.15) is 18.1 Å². The number of rotatable bonds is 7. The van der Waals surface area contributed by atoms with Crippen LogP contribution in [0.1, 0.15) is 5.56 Å². The number of aliphatic carboxylic acids is 1. The first-order valence-corrected chi connectivity index (χ1v) is 8.10. The van der Waals surface area contributed by atoms with Crippen LogP contribution < -0.4 is 15.0 Å². The molecule has 10 heteroatoms. The largest absolute Gasteiger partial charge is 0.480 e. The topological polar surface area (TPSA) is 121 Å². The average molecular weight is 374 g/mol. The quantitative estimate of drug-likeness (QED) is 0.734. The van der Waals surface area contributed by atoms with Crippen LogP contribution in [-0.4, -0.2) is 71.3 Å². The zero-order chi connectivity index (χ0) is 20.0. The highest BCUT2D eigenvalue weighted by Crippen LogP contribution is 2.16. The lowest BCUT2D eigenvalue weighted by atomic mass is 10.1. The summed E-state index contributed by atoms with van der Waals surface area (Å²) in [7, 11) is 6.72. The number of nitrogens with zero attached hydrogens (tertiary/aromatic N) is 5. The van der Waals surface area contributed by atoms with E-state index in [-0.39, 0.29) is 12.4 Å². The number of carboxylic acids is 1. The summed E-state index contributed by atoms with van der Waals surface area (Å²) in [4.78, 5) is 38.3. The lowest BCUT2D eigenvalue weighted by molar-refractivity contribution is -0.137. The van der Waals surface area contributed by atoms with Crippen LogP contribution in [-0.2, 0) is 11.2 Å². The third-order valence-electron chi connectivity index (χ3n) is 3.49. The number of ether oxygens (including phenoxy) is 1. The van der Waals surface area contributed by atoms with E-state index in [1.807, 2.05) is 0 Å². The SMILES string of the molecule is CN(C)C(=O)Oc1ccc(C[C@H](Nc2ncnc(N(C)C)n2)C(=O)O)cc1. The number of amides is 1. The summed E-state index contributed by atoms with van der Waals surface area (Å²) in [6.07, 6.45) is 1.02. The fourth-order valence-electron chi connectivity index (χ4n) is 2.05. The highest BCUT2D eigenvalue weighted by Gasteiger charge is 2.19. The lowest BCUT2D eigenvalue weighted by Crippen LogP contribution is -2.32. The van der Waals surface area contributed by atoms with Gasteiger partial charge in [-0.1, -0.05) is 12.1 Å². The zero-order valence-corrected chi connectivity index (χ0v) is 15.6. The van der Waals surface area contributed by atoms with E-state index in [1.54, 1.807) is 57.4 Å². The molecule has 1 aromatic carbocycles. The molecular formula is C17H22N6O4. The summed E-state index contributed by atoms with van der Waals surface area (Å²) in [5.74, 6) is -0.0587. The molecule has 0 aliphatic heterocycles. The molecule has 0 saturated carbocycles. The number of nitrogens with one attached hydrogen (secondary N) is 1. The van der Waals surface area contributed by atoms with Crippen LogP contribution >= 0.6 is 0 Å². The Hall–Kier alpha value is -3.43. The molecule has 0 bridgehead atoms. The standard InChI is InChI=1S/C17H22N6O4/c1-22(2)16-19-10-18-15(21-16)20-13(14(24)25)9-11-5-7-12(8-6-11)27-17(26)23(3)4/h5-8,10,13H,9H2,1-4H3,(H,24,25)(H,18,19,20,21)/t13-/m0/s1. The predicted molar refractivity (Wildman–Crippen MR) is 99.1 cm³/mol. The van der Waals surface area contributed by atoms with Crippen molar-refractivity contribution in [1.29, 1.82) is 0 Å². The van der Waals surface area contributed by atoms with Crippen molar-refractivity contribution in [2.45, 2.75) is 12.5 Å². The molecule has 1 amide bonds. The van der Waals surface area contributed by atoms with Gasteiger partial charge in [0, 0.05) is 34.6 Å². The molecule has 0 spiro atoms. The second kappa shape index (κ2) is 8.79. The third-order valence-corrected chi connectivity index (χ3v) is 3.49. The Morgan fingerprint density at radius 1 is 1.15 bits per heavy atom. The number of anilines is 2. The Morgan fingerprint density at radius 3 is 2.37 bits per heavy atom. The Kier molecular flexibility index (Phi) is 6.47. The van der Waals surface area contributed by atoms with E-state index in [9.17, 15) is 14.7 Å². The van der Waals surface area contributed by atoms with Crippen LogP contribution in [0.2, 0.25) is 0 Å². The molecule has 1 aromatic heterocycles. The summed E-state index contributed by atoms with van der Waals surface area (Å²) in [6, 6.07) is 5.70. The van der Waals surface area contributed by atoms with E-state index in [4.69, 9.17) is 4.74 Å². The lowest BCUT2D eigenvalue weighted by Gasteiger charge is -2.16. The van der Waals surface area contributed by atoms with Gasteiger partial charge < -0.3 is 25.0 Å². The van der Waals surface area contributed by atoms with Crippen molar-refractivity contribution in [3.8, 4) is 5.75 Å². The van der Waals surface area contributed by atoms with Gasteiger partial charge >= 0.3 is 12.1 Å². The van der Waals surface area contributed by atoms with Crippen LogP contribution in [0.3, 0.4) is 0 Å². The number of aromatic nitrogens is 3. The molecule has 2 rings (SSSR count). The fraction of sp³-hybridized carbons (Fsp3) is 0.353. The van der Waals surface area contributed by atoms with E-state index in [0.29, 0.717) is 11.7 Å². The molecule has 0 saturated heterocycles. The number of benzene rings is 1. The highest BCUT2D eigenvalue weighted by atomic mass is 16.6. The molecule has 0 fully saturated rings. The van der Waals surface area contributed by atoms with Gasteiger partial charge in [-0.3, -0.25) is 0 Å². The fourth-order valence-corrected chi connectivity index (χ4v) is 2.05. The van der Waals surface area contributed by atoms with Crippen LogP contribution in [0.4, 0.5) is 16.7 Å². The van der Waals surface area contributed by atoms with Gasteiger partial charge in [0.05, 0.1) is 0 Å². The normalized spacial score (nSPS) is 11.4. The minimum Gasteiger partial charge on any atom is -0.480 e. The molecule has 27 heavy (non-hydrogen) atoms. The second-order valence-electron chi connectivity index (χ2n) is 6.15. The maximum absolute atomic E-state index is 11.6. The Balaban J connectivity index is 2.07. The molecule has 1 atom stereocenters.